The highest BCUT2D eigenvalue weighted by atomic mass is 79.9. The molecule has 1 rings (SSSR count). The fourth-order valence-electron chi connectivity index (χ4n) is 1.48. The van der Waals surface area contributed by atoms with Gasteiger partial charge in [0.15, 0.2) is 0 Å². The van der Waals surface area contributed by atoms with Gasteiger partial charge in [0.1, 0.15) is 0 Å². The van der Waals surface area contributed by atoms with Gasteiger partial charge in [-0.2, -0.15) is 0 Å². The molecule has 0 radical (unpaired) electrons. The van der Waals surface area contributed by atoms with Gasteiger partial charge in [-0.15, -0.1) is 0 Å². The third-order valence-electron chi connectivity index (χ3n) is 2.88. The lowest BCUT2D eigenvalue weighted by molar-refractivity contribution is -0.126. The number of carbonyl (C=O) groups is 1. The lowest BCUT2D eigenvalue weighted by Crippen LogP contribution is -2.53. The molecule has 5 heteroatoms. The molecule has 1 aliphatic rings. The molecule has 0 spiro atoms. The minimum absolute atomic E-state index is 0.0361. The smallest absolute Gasteiger partial charge is 0.226 e. The van der Waals surface area contributed by atoms with Gasteiger partial charge in [-0.25, -0.2) is 0 Å². The third-order valence-corrected chi connectivity index (χ3v) is 5.02. The largest absolute Gasteiger partial charge is 0.381 e. The van der Waals surface area contributed by atoms with Crippen molar-refractivity contribution in [3.63, 3.8) is 0 Å². The Balaban J connectivity index is 2.53. The molecule has 1 heterocycles. The van der Waals surface area contributed by atoms with Crippen molar-refractivity contribution in [1.82, 2.24) is 5.32 Å². The van der Waals surface area contributed by atoms with Gasteiger partial charge in [-0.05, 0) is 12.8 Å². The molecule has 0 aromatic heterocycles. The Kier molecular flexibility index (Phi) is 5.57. The van der Waals surface area contributed by atoms with Crippen LogP contribution in [0.3, 0.4) is 0 Å². The molecular formula is C10H17Br2NO2. The second-order valence-electron chi connectivity index (χ2n) is 3.95. The summed E-state index contributed by atoms with van der Waals surface area (Å²) >= 11 is 6.91. The first-order valence-electron chi connectivity index (χ1n) is 5.19. The van der Waals surface area contributed by atoms with Crippen LogP contribution in [0.2, 0.25) is 0 Å². The third kappa shape index (κ3) is 3.43. The zero-order valence-corrected chi connectivity index (χ0v) is 12.1. The van der Waals surface area contributed by atoms with E-state index < -0.39 is 0 Å². The number of amides is 1. The van der Waals surface area contributed by atoms with Crippen LogP contribution in [0.5, 0.6) is 0 Å². The highest BCUT2D eigenvalue weighted by Gasteiger charge is 2.32. The first kappa shape index (κ1) is 13.5. The summed E-state index contributed by atoms with van der Waals surface area (Å²) in [5.41, 5.74) is -0.167. The van der Waals surface area contributed by atoms with Crippen LogP contribution < -0.4 is 5.32 Å². The standard InChI is InChI=1S/C10H17Br2NO2/c1-2-10(6-11,7-12)13-9(14)8-3-4-15-5-8/h8H,2-7H2,1H3,(H,13,14). The van der Waals surface area contributed by atoms with Crippen LogP contribution in [-0.4, -0.2) is 35.3 Å². The minimum atomic E-state index is -0.167. The summed E-state index contributed by atoms with van der Waals surface area (Å²) in [6.45, 7) is 3.35. The van der Waals surface area contributed by atoms with E-state index in [0.29, 0.717) is 13.2 Å². The summed E-state index contributed by atoms with van der Waals surface area (Å²) in [6, 6.07) is 0. The average molecular weight is 343 g/mol. The Bertz CT molecular complexity index is 205. The van der Waals surface area contributed by atoms with E-state index in [1.807, 2.05) is 0 Å². The van der Waals surface area contributed by atoms with Crippen molar-refractivity contribution >= 4 is 37.8 Å². The van der Waals surface area contributed by atoms with E-state index in [-0.39, 0.29) is 17.4 Å². The Hall–Kier alpha value is 0.390. The maximum absolute atomic E-state index is 11.9. The van der Waals surface area contributed by atoms with E-state index in [1.165, 1.54) is 0 Å². The van der Waals surface area contributed by atoms with Gasteiger partial charge in [-0.3, -0.25) is 4.79 Å². The van der Waals surface area contributed by atoms with Crippen molar-refractivity contribution in [2.75, 3.05) is 23.9 Å². The molecular weight excluding hydrogens is 326 g/mol. The van der Waals surface area contributed by atoms with Gasteiger partial charge >= 0.3 is 0 Å². The molecule has 1 atom stereocenters. The molecule has 1 N–H and O–H groups in total. The topological polar surface area (TPSA) is 38.3 Å². The second kappa shape index (κ2) is 6.21. The van der Waals surface area contributed by atoms with Crippen molar-refractivity contribution in [1.29, 1.82) is 0 Å². The molecule has 1 saturated heterocycles. The van der Waals surface area contributed by atoms with Crippen molar-refractivity contribution in [2.24, 2.45) is 5.92 Å². The van der Waals surface area contributed by atoms with Crippen molar-refractivity contribution in [3.05, 3.63) is 0 Å². The van der Waals surface area contributed by atoms with Crippen LogP contribution in [0, 0.1) is 5.92 Å². The van der Waals surface area contributed by atoms with Crippen molar-refractivity contribution in [3.8, 4) is 0 Å². The number of alkyl halides is 2. The van der Waals surface area contributed by atoms with Crippen molar-refractivity contribution < 1.29 is 9.53 Å². The molecule has 88 valence electrons. The van der Waals surface area contributed by atoms with E-state index in [0.717, 1.165) is 23.5 Å². The van der Waals surface area contributed by atoms with Crippen LogP contribution >= 0.6 is 31.9 Å². The molecule has 0 aromatic carbocycles. The van der Waals surface area contributed by atoms with E-state index >= 15 is 0 Å². The predicted octanol–water partition coefficient (Wildman–Crippen LogP) is 2.08. The van der Waals surface area contributed by atoms with E-state index in [4.69, 9.17) is 4.74 Å². The van der Waals surface area contributed by atoms with E-state index in [1.54, 1.807) is 0 Å². The summed E-state index contributed by atoms with van der Waals surface area (Å²) < 4.78 is 5.21. The molecule has 1 amide bonds. The number of rotatable bonds is 5. The Morgan fingerprint density at radius 1 is 1.53 bits per heavy atom. The monoisotopic (exact) mass is 341 g/mol. The summed E-state index contributed by atoms with van der Waals surface area (Å²) in [5, 5.41) is 4.64. The highest BCUT2D eigenvalue weighted by molar-refractivity contribution is 9.09. The first-order valence-corrected chi connectivity index (χ1v) is 7.43. The van der Waals surface area contributed by atoms with Crippen LogP contribution in [0.15, 0.2) is 0 Å². The molecule has 0 aromatic rings. The zero-order valence-electron chi connectivity index (χ0n) is 8.89. The number of nitrogens with one attached hydrogen (secondary N) is 1. The Morgan fingerprint density at radius 3 is 2.60 bits per heavy atom. The first-order chi connectivity index (χ1) is 7.17. The number of carbonyl (C=O) groups excluding carboxylic acids is 1. The quantitative estimate of drug-likeness (QED) is 0.777. The van der Waals surface area contributed by atoms with Crippen LogP contribution in [0.4, 0.5) is 0 Å². The zero-order chi connectivity index (χ0) is 11.3. The van der Waals surface area contributed by atoms with Crippen LogP contribution in [0.1, 0.15) is 19.8 Å². The second-order valence-corrected chi connectivity index (χ2v) is 5.07. The van der Waals surface area contributed by atoms with Gasteiger partial charge in [0.2, 0.25) is 5.91 Å². The highest BCUT2D eigenvalue weighted by Crippen LogP contribution is 2.20. The molecule has 1 unspecified atom stereocenters. The molecule has 1 fully saturated rings. The van der Waals surface area contributed by atoms with Gasteiger partial charge in [-0.1, -0.05) is 38.8 Å². The van der Waals surface area contributed by atoms with Gasteiger partial charge in [0.25, 0.3) is 0 Å². The summed E-state index contributed by atoms with van der Waals surface area (Å²) in [4.78, 5) is 11.9. The molecule has 0 saturated carbocycles. The molecule has 3 nitrogen and oxygen atoms in total. The fourth-order valence-corrected chi connectivity index (χ4v) is 3.49. The maximum Gasteiger partial charge on any atom is 0.226 e. The average Bonchev–Trinajstić information content (AvgIpc) is 2.79. The molecule has 0 bridgehead atoms. The maximum atomic E-state index is 11.9. The molecule has 15 heavy (non-hydrogen) atoms. The number of halogens is 2. The van der Waals surface area contributed by atoms with E-state index in [9.17, 15) is 4.79 Å². The number of ether oxygens (including phenoxy) is 1. The number of hydrogen-bond acceptors (Lipinski definition) is 2. The minimum Gasteiger partial charge on any atom is -0.381 e. The predicted molar refractivity (Wildman–Crippen MR) is 67.7 cm³/mol. The Morgan fingerprint density at radius 2 is 2.20 bits per heavy atom. The lowest BCUT2D eigenvalue weighted by atomic mass is 9.99. The normalized spacial score (nSPS) is 21.7. The summed E-state index contributed by atoms with van der Waals surface area (Å²) in [6.07, 6.45) is 1.75. The summed E-state index contributed by atoms with van der Waals surface area (Å²) in [7, 11) is 0. The van der Waals surface area contributed by atoms with Gasteiger partial charge < -0.3 is 10.1 Å². The van der Waals surface area contributed by atoms with Crippen LogP contribution in [0.25, 0.3) is 0 Å². The van der Waals surface area contributed by atoms with Gasteiger partial charge in [0.05, 0.1) is 18.1 Å². The van der Waals surface area contributed by atoms with E-state index in [2.05, 4.69) is 44.1 Å². The molecule has 1 aliphatic heterocycles. The Labute approximate surface area is 108 Å². The van der Waals surface area contributed by atoms with Gasteiger partial charge in [0, 0.05) is 17.3 Å². The summed E-state index contributed by atoms with van der Waals surface area (Å²) in [5.74, 6) is 0.155. The van der Waals surface area contributed by atoms with Crippen LogP contribution in [-0.2, 0) is 9.53 Å². The van der Waals surface area contributed by atoms with Crippen molar-refractivity contribution in [2.45, 2.75) is 25.3 Å². The fraction of sp³-hybridized carbons (Fsp3) is 0.900. The number of hydrogen-bond donors (Lipinski definition) is 1. The lowest BCUT2D eigenvalue weighted by Gasteiger charge is -2.31. The molecule has 0 aliphatic carbocycles. The SMILES string of the molecule is CCC(CBr)(CBr)NC(=O)C1CCOC1.